The van der Waals surface area contributed by atoms with Crippen molar-refractivity contribution in [2.45, 2.75) is 25.4 Å². The summed E-state index contributed by atoms with van der Waals surface area (Å²) >= 11 is 1.30. The smallest absolute Gasteiger partial charge is 0.264 e. The first-order valence-electron chi connectivity index (χ1n) is 6.71. The maximum absolute atomic E-state index is 13.1. The topological polar surface area (TPSA) is 40.5 Å². The van der Waals surface area contributed by atoms with Crippen molar-refractivity contribution >= 4 is 27.3 Å². The molecule has 2 aromatic rings. The number of hydrogen-bond acceptors (Lipinski definition) is 3. The highest BCUT2D eigenvalue weighted by molar-refractivity contribution is 7.20. The summed E-state index contributed by atoms with van der Waals surface area (Å²) in [7, 11) is 0. The maximum Gasteiger partial charge on any atom is 0.264 e. The van der Waals surface area contributed by atoms with Gasteiger partial charge in [0.15, 0.2) is 0 Å². The second kappa shape index (κ2) is 4.82. The molecule has 2 heterocycles. The number of likely N-dealkylation sites (tertiary alicyclic amines) is 1. The fraction of sp³-hybridized carbons (Fsp3) is 0.400. The third-order valence-electron chi connectivity index (χ3n) is 3.67. The third kappa shape index (κ3) is 2.31. The van der Waals surface area contributed by atoms with Crippen LogP contribution in [0.5, 0.6) is 0 Å². The van der Waals surface area contributed by atoms with Crippen LogP contribution in [0.15, 0.2) is 24.3 Å². The molecule has 1 aliphatic heterocycles. The summed E-state index contributed by atoms with van der Waals surface area (Å²) in [5.74, 6) is -0.369. The van der Waals surface area contributed by atoms with Crippen molar-refractivity contribution in [3.63, 3.8) is 0 Å². The fourth-order valence-electron chi connectivity index (χ4n) is 2.70. The summed E-state index contributed by atoms with van der Waals surface area (Å²) in [5.41, 5.74) is -0.715. The van der Waals surface area contributed by atoms with E-state index in [9.17, 15) is 14.3 Å². The Balaban J connectivity index is 1.77. The number of nitrogens with zero attached hydrogens (tertiary/aromatic N) is 1. The van der Waals surface area contributed by atoms with Crippen LogP contribution in [0.4, 0.5) is 4.39 Å². The van der Waals surface area contributed by atoms with Crippen molar-refractivity contribution in [1.82, 2.24) is 4.90 Å². The number of halogens is 1. The molecule has 3 rings (SSSR count). The quantitative estimate of drug-likeness (QED) is 0.945. The van der Waals surface area contributed by atoms with E-state index in [1.807, 2.05) is 6.92 Å². The molecule has 0 saturated carbocycles. The summed E-state index contributed by atoms with van der Waals surface area (Å²) in [4.78, 5) is 14.6. The summed E-state index contributed by atoms with van der Waals surface area (Å²) in [6, 6.07) is 6.31. The van der Waals surface area contributed by atoms with Gasteiger partial charge in [-0.1, -0.05) is 19.4 Å². The van der Waals surface area contributed by atoms with Gasteiger partial charge in [0.1, 0.15) is 5.82 Å². The lowest BCUT2D eigenvalue weighted by atomic mass is 9.89. The minimum atomic E-state index is -0.715. The zero-order valence-corrected chi connectivity index (χ0v) is 12.0. The third-order valence-corrected chi connectivity index (χ3v) is 4.75. The number of amides is 1. The number of fused-ring (bicyclic) bond motifs is 1. The van der Waals surface area contributed by atoms with Gasteiger partial charge in [-0.2, -0.15) is 0 Å². The molecule has 1 amide bonds. The minimum absolute atomic E-state index is 0.0765. The van der Waals surface area contributed by atoms with Crippen molar-refractivity contribution in [3.8, 4) is 0 Å². The molecule has 0 unspecified atom stereocenters. The fourth-order valence-corrected chi connectivity index (χ4v) is 3.75. The number of benzene rings is 1. The average Bonchev–Trinajstić information content (AvgIpc) is 2.78. The van der Waals surface area contributed by atoms with Crippen LogP contribution in [-0.2, 0) is 0 Å². The van der Waals surface area contributed by atoms with E-state index < -0.39 is 5.60 Å². The second-order valence-corrected chi connectivity index (χ2v) is 6.51. The highest BCUT2D eigenvalue weighted by Gasteiger charge is 2.43. The number of carbonyl (C=O) groups excluding carboxylic acids is 1. The van der Waals surface area contributed by atoms with Crippen molar-refractivity contribution in [3.05, 3.63) is 35.0 Å². The Labute approximate surface area is 120 Å². The highest BCUT2D eigenvalue weighted by atomic mass is 32.1. The molecule has 1 saturated heterocycles. The van der Waals surface area contributed by atoms with Crippen molar-refractivity contribution < 1.29 is 14.3 Å². The first kappa shape index (κ1) is 13.5. The van der Waals surface area contributed by atoms with Gasteiger partial charge in [0.05, 0.1) is 23.6 Å². The van der Waals surface area contributed by atoms with Gasteiger partial charge < -0.3 is 10.0 Å². The van der Waals surface area contributed by atoms with Gasteiger partial charge in [0, 0.05) is 4.70 Å². The van der Waals surface area contributed by atoms with Crippen LogP contribution in [0.1, 0.15) is 29.4 Å². The summed E-state index contributed by atoms with van der Waals surface area (Å²) in [6.07, 6.45) is 1.62. The normalized spacial score (nSPS) is 17.2. The lowest BCUT2D eigenvalue weighted by Crippen LogP contribution is -2.63. The molecule has 106 valence electrons. The van der Waals surface area contributed by atoms with Gasteiger partial charge in [0.2, 0.25) is 0 Å². The molecular weight excluding hydrogens is 277 g/mol. The van der Waals surface area contributed by atoms with Crippen LogP contribution in [0.25, 0.3) is 10.1 Å². The second-order valence-electron chi connectivity index (χ2n) is 5.43. The van der Waals surface area contributed by atoms with E-state index in [1.54, 1.807) is 17.0 Å². The molecule has 0 spiro atoms. The lowest BCUT2D eigenvalue weighted by molar-refractivity contribution is -0.0858. The number of rotatable bonds is 3. The molecule has 1 aromatic carbocycles. The zero-order chi connectivity index (χ0) is 14.3. The van der Waals surface area contributed by atoms with Crippen LogP contribution in [-0.4, -0.2) is 34.6 Å². The monoisotopic (exact) mass is 293 g/mol. The number of thiophene rings is 1. The highest BCUT2D eigenvalue weighted by Crippen LogP contribution is 2.31. The van der Waals surface area contributed by atoms with E-state index >= 15 is 0 Å². The Bertz CT molecular complexity index is 661. The van der Waals surface area contributed by atoms with E-state index in [0.29, 0.717) is 24.4 Å². The van der Waals surface area contributed by atoms with Crippen LogP contribution < -0.4 is 0 Å². The zero-order valence-electron chi connectivity index (χ0n) is 11.2. The molecule has 0 radical (unpaired) electrons. The summed E-state index contributed by atoms with van der Waals surface area (Å²) in [6.45, 7) is 2.80. The predicted molar refractivity (Wildman–Crippen MR) is 77.5 cm³/mol. The Hall–Kier alpha value is -1.46. The number of hydrogen-bond donors (Lipinski definition) is 1. The Morgan fingerprint density at radius 2 is 2.20 bits per heavy atom. The number of β-amino-alcohol motifs (C(OH)–C–C–N with tert-alkyl or cyclic N) is 1. The molecule has 3 nitrogen and oxygen atoms in total. The molecule has 1 N–H and O–H groups in total. The van der Waals surface area contributed by atoms with Crippen molar-refractivity contribution in [2.75, 3.05) is 13.1 Å². The maximum atomic E-state index is 13.1. The average molecular weight is 293 g/mol. The van der Waals surface area contributed by atoms with E-state index in [1.165, 1.54) is 23.5 Å². The van der Waals surface area contributed by atoms with Gasteiger partial charge in [-0.3, -0.25) is 4.79 Å². The molecule has 1 aromatic heterocycles. The van der Waals surface area contributed by atoms with Crippen LogP contribution in [0.2, 0.25) is 0 Å². The van der Waals surface area contributed by atoms with E-state index in [4.69, 9.17) is 0 Å². The summed E-state index contributed by atoms with van der Waals surface area (Å²) in [5, 5.41) is 11.0. The van der Waals surface area contributed by atoms with Gasteiger partial charge in [-0.25, -0.2) is 4.39 Å². The first-order chi connectivity index (χ1) is 9.50. The van der Waals surface area contributed by atoms with Gasteiger partial charge in [0.25, 0.3) is 5.91 Å². The molecule has 0 aliphatic carbocycles. The first-order valence-corrected chi connectivity index (χ1v) is 7.53. The predicted octanol–water partition coefficient (Wildman–Crippen LogP) is 3.03. The molecule has 0 atom stereocenters. The SMILES string of the molecule is CCCC1(O)CN(C(=O)c2cc3ccc(F)cc3s2)C1. The summed E-state index contributed by atoms with van der Waals surface area (Å²) < 4.78 is 13.9. The van der Waals surface area contributed by atoms with Crippen molar-refractivity contribution in [1.29, 1.82) is 0 Å². The molecule has 20 heavy (non-hydrogen) atoms. The Morgan fingerprint density at radius 3 is 2.90 bits per heavy atom. The lowest BCUT2D eigenvalue weighted by Gasteiger charge is -2.46. The van der Waals surface area contributed by atoms with E-state index in [-0.39, 0.29) is 11.7 Å². The van der Waals surface area contributed by atoms with Gasteiger partial charge in [-0.05, 0) is 30.0 Å². The Kier molecular flexibility index (Phi) is 3.26. The van der Waals surface area contributed by atoms with Crippen LogP contribution in [0.3, 0.4) is 0 Å². The molecule has 5 heteroatoms. The molecular formula is C15H16FNO2S. The standard InChI is InChI=1S/C15H16FNO2S/c1-2-5-15(19)8-17(9-15)14(18)13-6-10-3-4-11(16)7-12(10)20-13/h3-4,6-7,19H,2,5,8-9H2,1H3. The van der Waals surface area contributed by atoms with Gasteiger partial charge >= 0.3 is 0 Å². The Morgan fingerprint density at radius 1 is 1.45 bits per heavy atom. The minimum Gasteiger partial charge on any atom is -0.386 e. The molecule has 1 aliphatic rings. The van der Waals surface area contributed by atoms with Crippen molar-refractivity contribution in [2.24, 2.45) is 0 Å². The van der Waals surface area contributed by atoms with Gasteiger partial charge in [-0.15, -0.1) is 11.3 Å². The largest absolute Gasteiger partial charge is 0.386 e. The molecule has 1 fully saturated rings. The van der Waals surface area contributed by atoms with E-state index in [2.05, 4.69) is 0 Å². The van der Waals surface area contributed by atoms with Crippen LogP contribution >= 0.6 is 11.3 Å². The van der Waals surface area contributed by atoms with E-state index in [0.717, 1.165) is 16.5 Å². The number of aliphatic hydroxyl groups is 1. The number of carbonyl (C=O) groups is 1. The molecule has 0 bridgehead atoms. The van der Waals surface area contributed by atoms with Crippen LogP contribution in [0, 0.1) is 5.82 Å².